The summed E-state index contributed by atoms with van der Waals surface area (Å²) in [6.07, 6.45) is -0.901. The van der Waals surface area contributed by atoms with Gasteiger partial charge in [-0.25, -0.2) is 9.59 Å². The Hall–Kier alpha value is -2.68. The fraction of sp³-hybridized carbons (Fsp3) is 0.310. The highest BCUT2D eigenvalue weighted by Crippen LogP contribution is 2.61. The van der Waals surface area contributed by atoms with Crippen LogP contribution in [0.5, 0.6) is 0 Å². The molecular formula is C29H27Br2NO5. The molecule has 3 aromatic carbocycles. The van der Waals surface area contributed by atoms with E-state index >= 15 is 0 Å². The van der Waals surface area contributed by atoms with E-state index in [1.54, 1.807) is 48.5 Å². The van der Waals surface area contributed by atoms with Crippen LogP contribution in [0.15, 0.2) is 81.7 Å². The highest BCUT2D eigenvalue weighted by molar-refractivity contribution is 9.10. The summed E-state index contributed by atoms with van der Waals surface area (Å²) in [4.78, 5) is 28.2. The Morgan fingerprint density at radius 1 is 0.919 bits per heavy atom. The Morgan fingerprint density at radius 2 is 1.46 bits per heavy atom. The van der Waals surface area contributed by atoms with Crippen LogP contribution in [0, 0.1) is 11.8 Å². The second-order valence-electron chi connectivity index (χ2n) is 9.92. The van der Waals surface area contributed by atoms with Gasteiger partial charge < -0.3 is 19.5 Å². The van der Waals surface area contributed by atoms with Gasteiger partial charge in [0.1, 0.15) is 5.60 Å². The van der Waals surface area contributed by atoms with Gasteiger partial charge in [-0.1, -0.05) is 57.0 Å². The molecule has 1 heterocycles. The number of aliphatic hydroxyl groups is 1. The van der Waals surface area contributed by atoms with E-state index in [-0.39, 0.29) is 18.4 Å². The Kier molecular flexibility index (Phi) is 6.71. The number of carbonyl (C=O) groups is 2. The lowest BCUT2D eigenvalue weighted by atomic mass is 9.77. The largest absolute Gasteiger partial charge is 0.462 e. The second-order valence-corrected chi connectivity index (χ2v) is 11.8. The molecule has 5 rings (SSSR count). The number of nitrogens with zero attached hydrogens (tertiary/aromatic N) is 1. The van der Waals surface area contributed by atoms with Crippen LogP contribution in [0.3, 0.4) is 0 Å². The normalized spacial score (nSPS) is 27.9. The third-order valence-electron chi connectivity index (χ3n) is 8.18. The molecule has 1 aliphatic heterocycles. The highest BCUT2D eigenvalue weighted by atomic mass is 79.9. The molecule has 0 radical (unpaired) electrons. The quantitative estimate of drug-likeness (QED) is 0.352. The average Bonchev–Trinajstić information content (AvgIpc) is 3.03. The molecule has 3 aromatic rings. The molecule has 1 fully saturated rings. The first-order valence-electron chi connectivity index (χ1n) is 12.0. The first kappa shape index (κ1) is 25.9. The molecule has 8 heteroatoms. The van der Waals surface area contributed by atoms with Crippen LogP contribution in [-0.4, -0.2) is 42.3 Å². The molecular weight excluding hydrogens is 602 g/mol. The van der Waals surface area contributed by atoms with Crippen LogP contribution in [0.25, 0.3) is 0 Å². The maximum atomic E-state index is 13.3. The molecule has 1 N–H and O–H groups in total. The van der Waals surface area contributed by atoms with Crippen molar-refractivity contribution >= 4 is 49.5 Å². The summed E-state index contributed by atoms with van der Waals surface area (Å²) in [6, 6.07) is 21.5. The molecule has 2 aliphatic rings. The zero-order valence-corrected chi connectivity index (χ0v) is 23.8. The molecule has 6 nitrogen and oxygen atoms in total. The van der Waals surface area contributed by atoms with Crippen molar-refractivity contribution in [3.05, 3.63) is 98.4 Å². The van der Waals surface area contributed by atoms with E-state index in [2.05, 4.69) is 36.8 Å². The fourth-order valence-corrected chi connectivity index (χ4v) is 6.51. The first-order valence-corrected chi connectivity index (χ1v) is 13.6. The van der Waals surface area contributed by atoms with Gasteiger partial charge in [-0.05, 0) is 61.5 Å². The Balaban J connectivity index is 1.51. The number of hydrogen-bond acceptors (Lipinski definition) is 6. The van der Waals surface area contributed by atoms with Crippen molar-refractivity contribution in [3.63, 3.8) is 0 Å². The molecule has 0 amide bonds. The minimum atomic E-state index is -1.47. The summed E-state index contributed by atoms with van der Waals surface area (Å²) in [5, 5.41) is 12.4. The molecule has 0 saturated heterocycles. The lowest BCUT2D eigenvalue weighted by molar-refractivity contribution is -0.109. The van der Waals surface area contributed by atoms with Crippen LogP contribution in [0.4, 0.5) is 5.69 Å². The van der Waals surface area contributed by atoms with Gasteiger partial charge in [-0.3, -0.25) is 0 Å². The number of para-hydroxylation sites is 1. The number of benzene rings is 3. The smallest absolute Gasteiger partial charge is 0.338 e. The van der Waals surface area contributed by atoms with Crippen molar-refractivity contribution in [2.45, 2.75) is 31.1 Å². The topological polar surface area (TPSA) is 76.1 Å². The van der Waals surface area contributed by atoms with Crippen molar-refractivity contribution in [2.24, 2.45) is 11.8 Å². The summed E-state index contributed by atoms with van der Waals surface area (Å²) >= 11 is 6.76. The van der Waals surface area contributed by atoms with Gasteiger partial charge in [0.25, 0.3) is 0 Å². The molecule has 37 heavy (non-hydrogen) atoms. The third kappa shape index (κ3) is 4.10. The Labute approximate surface area is 232 Å². The SMILES string of the molecule is C[C@@H]1[C@@H](COC(=O)c2ccc(Br)cc2)[C@]2(C)[C@@H](OC(=O)c3ccc(Br)cc3)[C@@]1(O)c1ccccc1N2C. The van der Waals surface area contributed by atoms with Crippen molar-refractivity contribution < 1.29 is 24.2 Å². The number of likely N-dealkylation sites (N-methyl/N-ethyl adjacent to an activating group) is 1. The molecule has 2 bridgehead atoms. The van der Waals surface area contributed by atoms with Crippen molar-refractivity contribution in [1.82, 2.24) is 0 Å². The van der Waals surface area contributed by atoms with E-state index in [0.717, 1.165) is 14.6 Å². The van der Waals surface area contributed by atoms with Crippen LogP contribution in [-0.2, 0) is 15.1 Å². The predicted molar refractivity (Wildman–Crippen MR) is 148 cm³/mol. The zero-order valence-electron chi connectivity index (χ0n) is 20.7. The van der Waals surface area contributed by atoms with Gasteiger partial charge in [0.2, 0.25) is 0 Å². The second kappa shape index (κ2) is 9.57. The maximum Gasteiger partial charge on any atom is 0.338 e. The molecule has 5 atom stereocenters. The van der Waals surface area contributed by atoms with E-state index in [0.29, 0.717) is 16.7 Å². The standard InChI is InChI=1S/C29H27Br2NO5/c1-17-23(16-36-25(33)18-8-12-20(30)13-9-18)28(2)27(37-26(34)19-10-14-21(31)15-11-19)29(17,35)22-6-4-5-7-24(22)32(28)3/h4-15,17,23,27,35H,16H2,1-3H3/t17-,23-,27-,28-,29+/m1/s1. The number of anilines is 1. The number of fused-ring (bicyclic) bond motifs is 4. The first-order chi connectivity index (χ1) is 17.6. The molecule has 1 saturated carbocycles. The van der Waals surface area contributed by atoms with Crippen molar-refractivity contribution in [2.75, 3.05) is 18.6 Å². The van der Waals surface area contributed by atoms with E-state index < -0.39 is 29.2 Å². The van der Waals surface area contributed by atoms with E-state index in [1.807, 2.05) is 45.2 Å². The van der Waals surface area contributed by atoms with Gasteiger partial charge in [0.05, 0.1) is 23.3 Å². The molecule has 0 aromatic heterocycles. The number of hydrogen-bond donors (Lipinski definition) is 1. The van der Waals surface area contributed by atoms with Crippen LogP contribution < -0.4 is 4.90 Å². The van der Waals surface area contributed by atoms with E-state index in [1.165, 1.54) is 0 Å². The zero-order chi connectivity index (χ0) is 26.5. The number of rotatable bonds is 5. The summed E-state index contributed by atoms with van der Waals surface area (Å²) < 4.78 is 13.7. The Morgan fingerprint density at radius 3 is 2.05 bits per heavy atom. The van der Waals surface area contributed by atoms with Gasteiger partial charge in [-0.15, -0.1) is 0 Å². The lowest BCUT2D eigenvalue weighted by Crippen LogP contribution is -2.63. The van der Waals surface area contributed by atoms with E-state index in [4.69, 9.17) is 9.47 Å². The molecule has 0 unspecified atom stereocenters. The van der Waals surface area contributed by atoms with Gasteiger partial charge in [-0.2, -0.15) is 0 Å². The van der Waals surface area contributed by atoms with Crippen LogP contribution in [0.2, 0.25) is 0 Å². The number of esters is 2. The summed E-state index contributed by atoms with van der Waals surface area (Å²) in [7, 11) is 1.93. The van der Waals surface area contributed by atoms with Gasteiger partial charge in [0, 0.05) is 39.1 Å². The fourth-order valence-electron chi connectivity index (χ4n) is 5.99. The van der Waals surface area contributed by atoms with Gasteiger partial charge >= 0.3 is 11.9 Å². The summed E-state index contributed by atoms with van der Waals surface area (Å²) in [6.45, 7) is 3.95. The summed E-state index contributed by atoms with van der Waals surface area (Å²) in [5.74, 6) is -1.68. The highest BCUT2D eigenvalue weighted by Gasteiger charge is 2.71. The average molecular weight is 629 g/mol. The number of ether oxygens (including phenoxy) is 2. The minimum absolute atomic E-state index is 0.0551. The maximum absolute atomic E-state index is 13.3. The number of carbonyl (C=O) groups excluding carboxylic acids is 2. The molecule has 1 aliphatic carbocycles. The lowest BCUT2D eigenvalue weighted by Gasteiger charge is -2.51. The van der Waals surface area contributed by atoms with E-state index in [9.17, 15) is 14.7 Å². The monoisotopic (exact) mass is 627 g/mol. The molecule has 0 spiro atoms. The predicted octanol–water partition coefficient (Wildman–Crippen LogP) is 5.96. The Bertz CT molecular complexity index is 1350. The number of halogens is 2. The van der Waals surface area contributed by atoms with Crippen molar-refractivity contribution in [1.29, 1.82) is 0 Å². The van der Waals surface area contributed by atoms with Crippen LogP contribution in [0.1, 0.15) is 40.1 Å². The minimum Gasteiger partial charge on any atom is -0.462 e. The third-order valence-corrected chi connectivity index (χ3v) is 9.23. The summed E-state index contributed by atoms with van der Waals surface area (Å²) in [5.41, 5.74) is 0.0537. The molecule has 192 valence electrons. The van der Waals surface area contributed by atoms with Crippen LogP contribution >= 0.6 is 31.9 Å². The van der Waals surface area contributed by atoms with Gasteiger partial charge in [0.15, 0.2) is 6.10 Å². The van der Waals surface area contributed by atoms with Crippen molar-refractivity contribution in [3.8, 4) is 0 Å².